The average Bonchev–Trinajstić information content (AvgIpc) is 2.53. The lowest BCUT2D eigenvalue weighted by Crippen LogP contribution is -2.32. The van der Waals surface area contributed by atoms with Crippen LogP contribution < -0.4 is 0 Å². The van der Waals surface area contributed by atoms with Gasteiger partial charge in [0.15, 0.2) is 0 Å². The molecule has 0 N–H and O–H groups in total. The SMILES string of the molecule is CCCN(CCC)C(=O)CCCCCC(=O)N(CCC)CCC. The predicted molar refractivity (Wildman–Crippen MR) is 97.4 cm³/mol. The molecule has 0 aliphatic rings. The zero-order valence-corrected chi connectivity index (χ0v) is 15.9. The molecule has 4 nitrogen and oxygen atoms in total. The summed E-state index contributed by atoms with van der Waals surface area (Å²) in [5.74, 6) is 0.553. The van der Waals surface area contributed by atoms with Crippen LogP contribution in [0.3, 0.4) is 0 Å². The summed E-state index contributed by atoms with van der Waals surface area (Å²) in [6.07, 6.45) is 8.10. The van der Waals surface area contributed by atoms with Gasteiger partial charge in [-0.15, -0.1) is 0 Å². The number of hydrogen-bond acceptors (Lipinski definition) is 2. The lowest BCUT2D eigenvalue weighted by Gasteiger charge is -2.22. The van der Waals surface area contributed by atoms with E-state index < -0.39 is 0 Å². The maximum Gasteiger partial charge on any atom is 0.222 e. The molecule has 4 heteroatoms. The topological polar surface area (TPSA) is 40.6 Å². The van der Waals surface area contributed by atoms with E-state index in [0.29, 0.717) is 12.8 Å². The van der Waals surface area contributed by atoms with E-state index in [-0.39, 0.29) is 11.8 Å². The molecule has 0 atom stereocenters. The summed E-state index contributed by atoms with van der Waals surface area (Å²) in [6.45, 7) is 11.9. The normalized spacial score (nSPS) is 10.6. The van der Waals surface area contributed by atoms with E-state index in [9.17, 15) is 9.59 Å². The third-order valence-electron chi connectivity index (χ3n) is 3.96. The van der Waals surface area contributed by atoms with Gasteiger partial charge in [0, 0.05) is 39.0 Å². The number of unbranched alkanes of at least 4 members (excludes halogenated alkanes) is 2. The standard InChI is InChI=1S/C19H38N2O2/c1-5-14-20(15-6-2)18(22)12-10-9-11-13-19(23)21(16-7-3)17-8-4/h5-17H2,1-4H3. The first kappa shape index (κ1) is 21.9. The Morgan fingerprint density at radius 3 is 1.13 bits per heavy atom. The largest absolute Gasteiger partial charge is 0.343 e. The van der Waals surface area contributed by atoms with Crippen molar-refractivity contribution in [1.29, 1.82) is 0 Å². The van der Waals surface area contributed by atoms with Gasteiger partial charge in [0.1, 0.15) is 0 Å². The molecule has 0 heterocycles. The second-order valence-electron chi connectivity index (χ2n) is 6.32. The fourth-order valence-corrected chi connectivity index (χ4v) is 2.85. The highest BCUT2D eigenvalue weighted by Gasteiger charge is 2.13. The molecule has 0 bridgehead atoms. The highest BCUT2D eigenvalue weighted by atomic mass is 16.2. The van der Waals surface area contributed by atoms with Crippen molar-refractivity contribution in [2.45, 2.75) is 85.5 Å². The number of carbonyl (C=O) groups is 2. The summed E-state index contributed by atoms with van der Waals surface area (Å²) < 4.78 is 0. The maximum atomic E-state index is 12.1. The smallest absolute Gasteiger partial charge is 0.222 e. The van der Waals surface area contributed by atoms with Gasteiger partial charge >= 0.3 is 0 Å². The first-order chi connectivity index (χ1) is 11.1. The molecule has 0 aromatic heterocycles. The van der Waals surface area contributed by atoms with Crippen molar-refractivity contribution in [2.24, 2.45) is 0 Å². The van der Waals surface area contributed by atoms with E-state index in [1.165, 1.54) is 0 Å². The predicted octanol–water partition coefficient (Wildman–Crippen LogP) is 4.23. The molecule has 0 fully saturated rings. The Morgan fingerprint density at radius 1 is 0.565 bits per heavy atom. The van der Waals surface area contributed by atoms with Gasteiger partial charge < -0.3 is 9.80 Å². The average molecular weight is 327 g/mol. The van der Waals surface area contributed by atoms with Crippen LogP contribution >= 0.6 is 0 Å². The molecule has 0 radical (unpaired) electrons. The second-order valence-corrected chi connectivity index (χ2v) is 6.32. The van der Waals surface area contributed by atoms with Crippen molar-refractivity contribution in [1.82, 2.24) is 9.80 Å². The minimum atomic E-state index is 0.276. The van der Waals surface area contributed by atoms with Gasteiger partial charge in [-0.2, -0.15) is 0 Å². The Balaban J connectivity index is 3.93. The van der Waals surface area contributed by atoms with Gasteiger partial charge in [0.2, 0.25) is 11.8 Å². The van der Waals surface area contributed by atoms with E-state index >= 15 is 0 Å². The molecule has 0 spiro atoms. The number of hydrogen-bond donors (Lipinski definition) is 0. The van der Waals surface area contributed by atoms with Gasteiger partial charge in [0.05, 0.1) is 0 Å². The summed E-state index contributed by atoms with van der Waals surface area (Å²) in [7, 11) is 0. The fraction of sp³-hybridized carbons (Fsp3) is 0.895. The molecular weight excluding hydrogens is 288 g/mol. The molecule has 2 amide bonds. The number of rotatable bonds is 14. The molecule has 23 heavy (non-hydrogen) atoms. The zero-order valence-electron chi connectivity index (χ0n) is 15.9. The quantitative estimate of drug-likeness (QED) is 0.448. The van der Waals surface area contributed by atoms with Crippen LogP contribution in [0.4, 0.5) is 0 Å². The van der Waals surface area contributed by atoms with Crippen LogP contribution in [0.5, 0.6) is 0 Å². The second kappa shape index (κ2) is 14.5. The van der Waals surface area contributed by atoms with E-state index in [4.69, 9.17) is 0 Å². The Hall–Kier alpha value is -1.06. The van der Waals surface area contributed by atoms with Crippen molar-refractivity contribution in [2.75, 3.05) is 26.2 Å². The molecule has 0 aromatic rings. The van der Waals surface area contributed by atoms with Crippen molar-refractivity contribution < 1.29 is 9.59 Å². The third-order valence-corrected chi connectivity index (χ3v) is 3.96. The van der Waals surface area contributed by atoms with Crippen molar-refractivity contribution in [3.8, 4) is 0 Å². The van der Waals surface area contributed by atoms with E-state index in [1.807, 2.05) is 9.80 Å². The number of amides is 2. The van der Waals surface area contributed by atoms with Crippen LogP contribution in [0.2, 0.25) is 0 Å². The highest BCUT2D eigenvalue weighted by Crippen LogP contribution is 2.09. The molecule has 0 aliphatic heterocycles. The van der Waals surface area contributed by atoms with Crippen LogP contribution in [0.25, 0.3) is 0 Å². The van der Waals surface area contributed by atoms with Gasteiger partial charge in [-0.3, -0.25) is 9.59 Å². The molecule has 0 saturated carbocycles. The summed E-state index contributed by atoms with van der Waals surface area (Å²) in [6, 6.07) is 0. The summed E-state index contributed by atoms with van der Waals surface area (Å²) in [5, 5.41) is 0. The minimum Gasteiger partial charge on any atom is -0.343 e. The Labute approximate surface area is 143 Å². The van der Waals surface area contributed by atoms with E-state index in [1.54, 1.807) is 0 Å². The molecule has 0 rings (SSSR count). The van der Waals surface area contributed by atoms with E-state index in [2.05, 4.69) is 27.7 Å². The molecule has 136 valence electrons. The van der Waals surface area contributed by atoms with Crippen LogP contribution in [0, 0.1) is 0 Å². The molecule has 0 unspecified atom stereocenters. The van der Waals surface area contributed by atoms with Gasteiger partial charge in [-0.25, -0.2) is 0 Å². The van der Waals surface area contributed by atoms with Crippen LogP contribution in [-0.2, 0) is 9.59 Å². The summed E-state index contributed by atoms with van der Waals surface area (Å²) >= 11 is 0. The Kier molecular flexibility index (Phi) is 13.9. The molecular formula is C19H38N2O2. The van der Waals surface area contributed by atoms with Crippen molar-refractivity contribution in [3.05, 3.63) is 0 Å². The lowest BCUT2D eigenvalue weighted by atomic mass is 10.1. The minimum absolute atomic E-state index is 0.276. The van der Waals surface area contributed by atoms with Gasteiger partial charge in [-0.1, -0.05) is 34.1 Å². The summed E-state index contributed by atoms with van der Waals surface area (Å²) in [4.78, 5) is 28.3. The van der Waals surface area contributed by atoms with Crippen LogP contribution in [0.15, 0.2) is 0 Å². The lowest BCUT2D eigenvalue weighted by molar-refractivity contribution is -0.131. The van der Waals surface area contributed by atoms with Gasteiger partial charge in [0.25, 0.3) is 0 Å². The Morgan fingerprint density at radius 2 is 0.870 bits per heavy atom. The van der Waals surface area contributed by atoms with E-state index in [0.717, 1.165) is 71.1 Å². The first-order valence-corrected chi connectivity index (χ1v) is 9.66. The molecule has 0 aliphatic carbocycles. The first-order valence-electron chi connectivity index (χ1n) is 9.66. The van der Waals surface area contributed by atoms with Gasteiger partial charge in [-0.05, 0) is 38.5 Å². The number of carbonyl (C=O) groups excluding carboxylic acids is 2. The van der Waals surface area contributed by atoms with Crippen molar-refractivity contribution in [3.63, 3.8) is 0 Å². The molecule has 0 saturated heterocycles. The van der Waals surface area contributed by atoms with Crippen LogP contribution in [-0.4, -0.2) is 47.8 Å². The Bertz CT molecular complexity index is 276. The summed E-state index contributed by atoms with van der Waals surface area (Å²) in [5.41, 5.74) is 0. The highest BCUT2D eigenvalue weighted by molar-refractivity contribution is 5.76. The van der Waals surface area contributed by atoms with Crippen molar-refractivity contribution >= 4 is 11.8 Å². The number of nitrogens with zero attached hydrogens (tertiary/aromatic N) is 2. The third kappa shape index (κ3) is 10.4. The zero-order chi connectivity index (χ0) is 17.5. The fourth-order valence-electron chi connectivity index (χ4n) is 2.85. The molecule has 0 aromatic carbocycles. The maximum absolute atomic E-state index is 12.1. The monoisotopic (exact) mass is 326 g/mol. The van der Waals surface area contributed by atoms with Crippen LogP contribution in [0.1, 0.15) is 85.5 Å².